The highest BCUT2D eigenvalue weighted by Gasteiger charge is 2.44. The van der Waals surface area contributed by atoms with Crippen molar-refractivity contribution in [1.82, 2.24) is 16.0 Å². The van der Waals surface area contributed by atoms with Gasteiger partial charge in [0.2, 0.25) is 0 Å². The van der Waals surface area contributed by atoms with Gasteiger partial charge in [0.1, 0.15) is 5.82 Å². The Hall–Kier alpha value is -2.89. The average Bonchev–Trinajstić information content (AvgIpc) is 3.51. The molecule has 5 nitrogen and oxygen atoms in total. The molecule has 0 heterocycles. The SMILES string of the molecule is CCNC(=NCc1ccc(C(=O)NC)cc1)NCC1(c2cccc(F)c2)CC1. The van der Waals surface area contributed by atoms with Crippen LogP contribution in [0.3, 0.4) is 0 Å². The predicted molar refractivity (Wildman–Crippen MR) is 110 cm³/mol. The number of amides is 1. The largest absolute Gasteiger partial charge is 0.357 e. The Bertz CT molecular complexity index is 844. The lowest BCUT2D eigenvalue weighted by atomic mass is 9.96. The van der Waals surface area contributed by atoms with E-state index in [4.69, 9.17) is 0 Å². The van der Waals surface area contributed by atoms with Gasteiger partial charge >= 0.3 is 0 Å². The Balaban J connectivity index is 1.62. The van der Waals surface area contributed by atoms with Crippen molar-refractivity contribution in [1.29, 1.82) is 0 Å². The Labute approximate surface area is 165 Å². The van der Waals surface area contributed by atoms with Gasteiger partial charge < -0.3 is 16.0 Å². The van der Waals surface area contributed by atoms with Gasteiger partial charge in [0.15, 0.2) is 5.96 Å². The van der Waals surface area contributed by atoms with E-state index < -0.39 is 0 Å². The van der Waals surface area contributed by atoms with Crippen LogP contribution in [0.4, 0.5) is 4.39 Å². The summed E-state index contributed by atoms with van der Waals surface area (Å²) >= 11 is 0. The summed E-state index contributed by atoms with van der Waals surface area (Å²) in [5.74, 6) is 0.447. The van der Waals surface area contributed by atoms with Crippen LogP contribution in [0.5, 0.6) is 0 Å². The van der Waals surface area contributed by atoms with E-state index in [1.807, 2.05) is 25.1 Å². The van der Waals surface area contributed by atoms with Crippen LogP contribution in [0.1, 0.15) is 41.3 Å². The minimum absolute atomic E-state index is 0.00649. The van der Waals surface area contributed by atoms with Crippen molar-refractivity contribution in [3.8, 4) is 0 Å². The smallest absolute Gasteiger partial charge is 0.251 e. The summed E-state index contributed by atoms with van der Waals surface area (Å²) in [4.78, 5) is 16.3. The third-order valence-electron chi connectivity index (χ3n) is 5.09. The zero-order chi connectivity index (χ0) is 20.0. The summed E-state index contributed by atoms with van der Waals surface area (Å²) in [5, 5.41) is 9.27. The number of aliphatic imine (C=N–C) groups is 1. The van der Waals surface area contributed by atoms with Gasteiger partial charge in [0.05, 0.1) is 6.54 Å². The van der Waals surface area contributed by atoms with E-state index in [0.29, 0.717) is 12.1 Å². The highest BCUT2D eigenvalue weighted by molar-refractivity contribution is 5.93. The number of benzene rings is 2. The third-order valence-corrected chi connectivity index (χ3v) is 5.09. The topological polar surface area (TPSA) is 65.5 Å². The van der Waals surface area contributed by atoms with Gasteiger partial charge in [-0.15, -0.1) is 0 Å². The molecule has 1 amide bonds. The average molecular weight is 382 g/mol. The second kappa shape index (κ2) is 8.87. The Morgan fingerprint density at radius 3 is 2.50 bits per heavy atom. The number of carbonyl (C=O) groups is 1. The van der Waals surface area contributed by atoms with Crippen LogP contribution < -0.4 is 16.0 Å². The summed E-state index contributed by atoms with van der Waals surface area (Å²) in [6.45, 7) is 4.01. The van der Waals surface area contributed by atoms with Crippen LogP contribution in [0.25, 0.3) is 0 Å². The van der Waals surface area contributed by atoms with E-state index in [9.17, 15) is 9.18 Å². The predicted octanol–water partition coefficient (Wildman–Crippen LogP) is 2.97. The van der Waals surface area contributed by atoms with E-state index in [0.717, 1.165) is 43.0 Å². The van der Waals surface area contributed by atoms with Gasteiger partial charge in [-0.25, -0.2) is 9.38 Å². The molecule has 2 aromatic carbocycles. The second-order valence-electron chi connectivity index (χ2n) is 7.12. The Kier molecular flexibility index (Phi) is 6.29. The van der Waals surface area contributed by atoms with Crippen molar-refractivity contribution in [3.05, 3.63) is 71.0 Å². The number of rotatable bonds is 7. The number of hydrogen-bond acceptors (Lipinski definition) is 2. The fourth-order valence-corrected chi connectivity index (χ4v) is 3.21. The van der Waals surface area contributed by atoms with E-state index in [1.54, 1.807) is 31.3 Å². The molecule has 1 aliphatic rings. The quantitative estimate of drug-likeness (QED) is 0.510. The molecule has 3 rings (SSSR count). The first-order valence-corrected chi connectivity index (χ1v) is 9.65. The minimum atomic E-state index is -0.190. The molecule has 1 aliphatic carbocycles. The summed E-state index contributed by atoms with van der Waals surface area (Å²) in [6.07, 6.45) is 2.09. The van der Waals surface area contributed by atoms with Crippen molar-refractivity contribution in [2.75, 3.05) is 20.1 Å². The Morgan fingerprint density at radius 2 is 1.89 bits per heavy atom. The van der Waals surface area contributed by atoms with Gasteiger partial charge in [-0.1, -0.05) is 24.3 Å². The fourth-order valence-electron chi connectivity index (χ4n) is 3.21. The molecule has 0 atom stereocenters. The van der Waals surface area contributed by atoms with Crippen molar-refractivity contribution < 1.29 is 9.18 Å². The maximum absolute atomic E-state index is 13.6. The van der Waals surface area contributed by atoms with Crippen LogP contribution >= 0.6 is 0 Å². The molecule has 0 aromatic heterocycles. The zero-order valence-electron chi connectivity index (χ0n) is 16.4. The van der Waals surface area contributed by atoms with E-state index >= 15 is 0 Å². The molecule has 1 fully saturated rings. The normalized spacial score (nSPS) is 15.0. The van der Waals surface area contributed by atoms with Gasteiger partial charge in [-0.05, 0) is 55.2 Å². The first-order valence-electron chi connectivity index (χ1n) is 9.65. The molecule has 0 aliphatic heterocycles. The Morgan fingerprint density at radius 1 is 1.14 bits per heavy atom. The lowest BCUT2D eigenvalue weighted by Crippen LogP contribution is -2.41. The molecule has 0 radical (unpaired) electrons. The maximum Gasteiger partial charge on any atom is 0.251 e. The molecule has 28 heavy (non-hydrogen) atoms. The molecule has 0 spiro atoms. The fraction of sp³-hybridized carbons (Fsp3) is 0.364. The molecule has 0 bridgehead atoms. The van der Waals surface area contributed by atoms with Gasteiger partial charge in [-0.2, -0.15) is 0 Å². The number of halogens is 1. The first-order chi connectivity index (χ1) is 13.6. The van der Waals surface area contributed by atoms with Crippen LogP contribution in [0.2, 0.25) is 0 Å². The number of hydrogen-bond donors (Lipinski definition) is 3. The van der Waals surface area contributed by atoms with E-state index in [1.165, 1.54) is 6.07 Å². The first kappa shape index (κ1) is 19.9. The van der Waals surface area contributed by atoms with Crippen molar-refractivity contribution in [2.45, 2.75) is 31.7 Å². The monoisotopic (exact) mass is 382 g/mol. The van der Waals surface area contributed by atoms with Crippen LogP contribution in [-0.2, 0) is 12.0 Å². The minimum Gasteiger partial charge on any atom is -0.357 e. The molecule has 148 valence electrons. The van der Waals surface area contributed by atoms with Crippen molar-refractivity contribution >= 4 is 11.9 Å². The molecular weight excluding hydrogens is 355 g/mol. The third kappa shape index (κ3) is 4.88. The van der Waals surface area contributed by atoms with Crippen LogP contribution in [-0.4, -0.2) is 32.0 Å². The van der Waals surface area contributed by atoms with Gasteiger partial charge in [0, 0.05) is 31.1 Å². The summed E-state index contributed by atoms with van der Waals surface area (Å²) in [6, 6.07) is 14.3. The molecule has 6 heteroatoms. The molecule has 1 saturated carbocycles. The van der Waals surface area contributed by atoms with E-state index in [2.05, 4.69) is 20.9 Å². The molecule has 3 N–H and O–H groups in total. The van der Waals surface area contributed by atoms with Crippen molar-refractivity contribution in [2.24, 2.45) is 4.99 Å². The summed E-state index contributed by atoms with van der Waals surface area (Å²) < 4.78 is 13.6. The van der Waals surface area contributed by atoms with Gasteiger partial charge in [0.25, 0.3) is 5.91 Å². The highest BCUT2D eigenvalue weighted by atomic mass is 19.1. The van der Waals surface area contributed by atoms with Crippen LogP contribution in [0.15, 0.2) is 53.5 Å². The second-order valence-corrected chi connectivity index (χ2v) is 7.12. The number of nitrogens with zero attached hydrogens (tertiary/aromatic N) is 1. The summed E-state index contributed by atoms with van der Waals surface area (Å²) in [5.41, 5.74) is 2.69. The standard InChI is InChI=1S/C22H27FN4O/c1-3-25-21(26-14-16-7-9-17(10-8-16)20(28)24-2)27-15-22(11-12-22)18-5-4-6-19(23)13-18/h4-10,13H,3,11-12,14-15H2,1-2H3,(H,24,28)(H2,25,26,27). The van der Waals surface area contributed by atoms with Crippen molar-refractivity contribution in [3.63, 3.8) is 0 Å². The molecule has 0 saturated heterocycles. The zero-order valence-corrected chi connectivity index (χ0v) is 16.4. The van der Waals surface area contributed by atoms with E-state index in [-0.39, 0.29) is 17.1 Å². The number of nitrogens with one attached hydrogen (secondary N) is 3. The lowest BCUT2D eigenvalue weighted by Gasteiger charge is -2.19. The van der Waals surface area contributed by atoms with Gasteiger partial charge in [-0.3, -0.25) is 4.79 Å². The number of carbonyl (C=O) groups excluding carboxylic acids is 1. The summed E-state index contributed by atoms with van der Waals surface area (Å²) in [7, 11) is 1.62. The molecular formula is C22H27FN4O. The number of guanidine groups is 1. The lowest BCUT2D eigenvalue weighted by molar-refractivity contribution is 0.0963. The maximum atomic E-state index is 13.6. The van der Waals surface area contributed by atoms with Crippen LogP contribution in [0, 0.1) is 5.82 Å². The molecule has 2 aromatic rings. The highest BCUT2D eigenvalue weighted by Crippen LogP contribution is 2.47. The molecule has 0 unspecified atom stereocenters.